The molecule has 1 aromatic carbocycles. The van der Waals surface area contributed by atoms with E-state index >= 15 is 0 Å². The van der Waals surface area contributed by atoms with Crippen LogP contribution in [0.3, 0.4) is 0 Å². The van der Waals surface area contributed by atoms with Gasteiger partial charge >= 0.3 is 5.97 Å². The normalized spacial score (nSPS) is 26.1. The van der Waals surface area contributed by atoms with Crippen molar-refractivity contribution < 1.29 is 9.90 Å². The van der Waals surface area contributed by atoms with Crippen LogP contribution in [0.15, 0.2) is 30.3 Å². The third kappa shape index (κ3) is 2.72. The van der Waals surface area contributed by atoms with Gasteiger partial charge in [-0.05, 0) is 37.8 Å². The van der Waals surface area contributed by atoms with Crippen molar-refractivity contribution >= 4 is 5.97 Å². The van der Waals surface area contributed by atoms with Crippen LogP contribution in [0.1, 0.15) is 25.8 Å². The zero-order valence-corrected chi connectivity index (χ0v) is 11.0. The van der Waals surface area contributed by atoms with Gasteiger partial charge in [-0.3, -0.25) is 9.69 Å². The number of carbonyl (C=O) groups is 1. The van der Waals surface area contributed by atoms with Crippen molar-refractivity contribution in [1.82, 2.24) is 4.90 Å². The van der Waals surface area contributed by atoms with Crippen LogP contribution < -0.4 is 0 Å². The lowest BCUT2D eigenvalue weighted by molar-refractivity contribution is -0.144. The number of hydrogen-bond acceptors (Lipinski definition) is 2. The molecule has 3 nitrogen and oxygen atoms in total. The smallest absolute Gasteiger partial charge is 0.321 e. The number of carboxylic acid groups (broad SMARTS) is 1. The van der Waals surface area contributed by atoms with Crippen LogP contribution >= 0.6 is 0 Å². The number of aliphatic carboxylic acids is 1. The third-order valence-electron chi connectivity index (χ3n) is 3.93. The largest absolute Gasteiger partial charge is 0.480 e. The van der Waals surface area contributed by atoms with Crippen molar-refractivity contribution in [3.63, 3.8) is 0 Å². The van der Waals surface area contributed by atoms with Crippen LogP contribution in [-0.2, 0) is 11.2 Å². The molecule has 18 heavy (non-hydrogen) atoms. The van der Waals surface area contributed by atoms with E-state index in [0.29, 0.717) is 0 Å². The molecule has 0 amide bonds. The van der Waals surface area contributed by atoms with E-state index in [1.807, 2.05) is 25.1 Å². The molecule has 1 aliphatic heterocycles. The van der Waals surface area contributed by atoms with E-state index in [-0.39, 0.29) is 18.0 Å². The Kier molecular flexibility index (Phi) is 4.02. The first kappa shape index (κ1) is 13.1. The lowest BCUT2D eigenvalue weighted by Crippen LogP contribution is -2.44. The van der Waals surface area contributed by atoms with Crippen LogP contribution in [0.5, 0.6) is 0 Å². The molecule has 0 aromatic heterocycles. The van der Waals surface area contributed by atoms with Gasteiger partial charge in [-0.2, -0.15) is 0 Å². The Labute approximate surface area is 108 Å². The first-order valence-electron chi connectivity index (χ1n) is 6.62. The highest BCUT2D eigenvalue weighted by Crippen LogP contribution is 2.27. The summed E-state index contributed by atoms with van der Waals surface area (Å²) in [5.74, 6) is -0.430. The van der Waals surface area contributed by atoms with Crippen LogP contribution in [0.25, 0.3) is 0 Å². The van der Waals surface area contributed by atoms with Crippen molar-refractivity contribution in [3.05, 3.63) is 35.9 Å². The second-order valence-electron chi connectivity index (χ2n) is 5.33. The minimum Gasteiger partial charge on any atom is -0.480 e. The summed E-state index contributed by atoms with van der Waals surface area (Å²) in [5, 5.41) is 9.33. The molecule has 3 atom stereocenters. The molecule has 98 valence electrons. The van der Waals surface area contributed by atoms with Gasteiger partial charge in [-0.1, -0.05) is 37.3 Å². The highest BCUT2D eigenvalue weighted by molar-refractivity contribution is 5.74. The Morgan fingerprint density at radius 2 is 2.11 bits per heavy atom. The first-order valence-corrected chi connectivity index (χ1v) is 6.62. The van der Waals surface area contributed by atoms with E-state index in [1.54, 1.807) is 0 Å². The van der Waals surface area contributed by atoms with Gasteiger partial charge in [-0.25, -0.2) is 0 Å². The fourth-order valence-electron chi connectivity index (χ4n) is 2.93. The first-order chi connectivity index (χ1) is 8.59. The maximum absolute atomic E-state index is 11.3. The SMILES string of the molecule is CC1CCN(C(C)Cc2ccccc2)C1C(=O)O. The molecule has 0 aliphatic carbocycles. The Bertz CT molecular complexity index is 404. The lowest BCUT2D eigenvalue weighted by atomic mass is 10.0. The number of benzene rings is 1. The molecule has 1 N–H and O–H groups in total. The van der Waals surface area contributed by atoms with Gasteiger partial charge in [0.25, 0.3) is 0 Å². The van der Waals surface area contributed by atoms with Gasteiger partial charge in [0.1, 0.15) is 6.04 Å². The third-order valence-corrected chi connectivity index (χ3v) is 3.93. The number of nitrogens with zero attached hydrogens (tertiary/aromatic N) is 1. The highest BCUT2D eigenvalue weighted by Gasteiger charge is 2.38. The molecule has 3 unspecified atom stereocenters. The van der Waals surface area contributed by atoms with E-state index < -0.39 is 5.97 Å². The predicted octanol–water partition coefficient (Wildman–Crippen LogP) is 2.41. The standard InChI is InChI=1S/C15H21NO2/c1-11-8-9-16(14(11)15(17)18)12(2)10-13-6-4-3-5-7-13/h3-7,11-12,14H,8-10H2,1-2H3,(H,17,18). The molecule has 1 aromatic rings. The number of rotatable bonds is 4. The summed E-state index contributed by atoms with van der Waals surface area (Å²) in [7, 11) is 0. The van der Waals surface area contributed by atoms with Gasteiger partial charge in [0.15, 0.2) is 0 Å². The predicted molar refractivity (Wildman–Crippen MR) is 71.5 cm³/mol. The van der Waals surface area contributed by atoms with Crippen molar-refractivity contribution in [2.75, 3.05) is 6.54 Å². The fourth-order valence-corrected chi connectivity index (χ4v) is 2.93. The van der Waals surface area contributed by atoms with Crippen molar-refractivity contribution in [3.8, 4) is 0 Å². The maximum Gasteiger partial charge on any atom is 0.321 e. The molecule has 2 rings (SSSR count). The van der Waals surface area contributed by atoms with Crippen LogP contribution in [-0.4, -0.2) is 34.6 Å². The summed E-state index contributed by atoms with van der Waals surface area (Å²) in [6.07, 6.45) is 1.90. The van der Waals surface area contributed by atoms with Gasteiger partial charge < -0.3 is 5.11 Å². The number of hydrogen-bond donors (Lipinski definition) is 1. The summed E-state index contributed by atoms with van der Waals surface area (Å²) >= 11 is 0. The molecule has 1 fully saturated rings. The minimum absolute atomic E-state index is 0.251. The molecule has 1 saturated heterocycles. The topological polar surface area (TPSA) is 40.5 Å². The van der Waals surface area contributed by atoms with Crippen molar-refractivity contribution in [2.45, 2.75) is 38.8 Å². The Balaban J connectivity index is 2.05. The molecule has 1 aliphatic rings. The van der Waals surface area contributed by atoms with Crippen LogP contribution in [0.2, 0.25) is 0 Å². The zero-order chi connectivity index (χ0) is 13.1. The molecule has 1 heterocycles. The van der Waals surface area contributed by atoms with E-state index in [9.17, 15) is 9.90 Å². The average Bonchev–Trinajstić information content (AvgIpc) is 2.72. The van der Waals surface area contributed by atoms with Crippen molar-refractivity contribution in [2.24, 2.45) is 5.92 Å². The monoisotopic (exact) mass is 247 g/mol. The number of likely N-dealkylation sites (tertiary alicyclic amines) is 1. The Morgan fingerprint density at radius 3 is 2.72 bits per heavy atom. The summed E-state index contributed by atoms with van der Waals surface area (Å²) < 4.78 is 0. The molecular formula is C15H21NO2. The minimum atomic E-state index is -0.681. The van der Waals surface area contributed by atoms with Gasteiger partial charge in [-0.15, -0.1) is 0 Å². The summed E-state index contributed by atoms with van der Waals surface area (Å²) in [4.78, 5) is 13.5. The highest BCUT2D eigenvalue weighted by atomic mass is 16.4. The summed E-state index contributed by atoms with van der Waals surface area (Å²) in [5.41, 5.74) is 1.27. The van der Waals surface area contributed by atoms with Crippen LogP contribution in [0, 0.1) is 5.92 Å². The summed E-state index contributed by atoms with van der Waals surface area (Å²) in [6.45, 7) is 5.06. The molecule has 0 saturated carbocycles. The van der Waals surface area contributed by atoms with E-state index in [2.05, 4.69) is 24.0 Å². The average molecular weight is 247 g/mol. The van der Waals surface area contributed by atoms with E-state index in [0.717, 1.165) is 19.4 Å². The second-order valence-corrected chi connectivity index (χ2v) is 5.33. The summed E-state index contributed by atoms with van der Waals surface area (Å²) in [6, 6.07) is 10.2. The molecule has 0 spiro atoms. The van der Waals surface area contributed by atoms with Crippen molar-refractivity contribution in [1.29, 1.82) is 0 Å². The van der Waals surface area contributed by atoms with E-state index in [4.69, 9.17) is 0 Å². The van der Waals surface area contributed by atoms with Crippen LogP contribution in [0.4, 0.5) is 0 Å². The van der Waals surface area contributed by atoms with Gasteiger partial charge in [0.05, 0.1) is 0 Å². The fraction of sp³-hybridized carbons (Fsp3) is 0.533. The quantitative estimate of drug-likeness (QED) is 0.888. The lowest BCUT2D eigenvalue weighted by Gasteiger charge is -2.29. The van der Waals surface area contributed by atoms with Gasteiger partial charge in [0.2, 0.25) is 0 Å². The van der Waals surface area contributed by atoms with E-state index in [1.165, 1.54) is 5.56 Å². The molecule has 0 radical (unpaired) electrons. The second kappa shape index (κ2) is 5.53. The number of carboxylic acids is 1. The maximum atomic E-state index is 11.3. The zero-order valence-electron chi connectivity index (χ0n) is 11.0. The molecule has 3 heteroatoms. The Morgan fingerprint density at radius 1 is 1.44 bits per heavy atom. The molecule has 0 bridgehead atoms. The van der Waals surface area contributed by atoms with Gasteiger partial charge in [0, 0.05) is 6.04 Å². The molecular weight excluding hydrogens is 226 g/mol. The Hall–Kier alpha value is -1.35.